The van der Waals surface area contributed by atoms with Gasteiger partial charge in [0.15, 0.2) is 6.10 Å². The molecule has 0 saturated carbocycles. The van der Waals surface area contributed by atoms with Crippen LogP contribution in [-0.4, -0.2) is 12.3 Å². The maximum absolute atomic E-state index is 11.8. The van der Waals surface area contributed by atoms with Crippen LogP contribution in [0, 0.1) is 12.3 Å². The smallest absolute Gasteiger partial charge is 0.342 e. The first-order chi connectivity index (χ1) is 7.88. The Kier molecular flexibility index (Phi) is 2.96. The quantitative estimate of drug-likeness (QED) is 0.701. The second-order valence-electron chi connectivity index (χ2n) is 5.57. The van der Waals surface area contributed by atoms with Gasteiger partial charge in [0.2, 0.25) is 6.29 Å². The molecule has 1 unspecified atom stereocenters. The molecule has 0 aromatic heterocycles. The Morgan fingerprint density at radius 3 is 2.47 bits per heavy atom. The highest BCUT2D eigenvalue weighted by Crippen LogP contribution is 2.36. The van der Waals surface area contributed by atoms with E-state index in [9.17, 15) is 4.79 Å². The van der Waals surface area contributed by atoms with Crippen molar-refractivity contribution in [2.24, 2.45) is 5.41 Å². The molecule has 0 bridgehead atoms. The molecule has 1 aliphatic heterocycles. The predicted octanol–water partition coefficient (Wildman–Crippen LogP) is 2.98. The van der Waals surface area contributed by atoms with E-state index in [1.807, 2.05) is 52.0 Å². The van der Waals surface area contributed by atoms with Gasteiger partial charge in [-0.15, -0.1) is 0 Å². The summed E-state index contributed by atoms with van der Waals surface area (Å²) in [6.07, 6.45) is -1.06. The van der Waals surface area contributed by atoms with E-state index >= 15 is 0 Å². The second-order valence-corrected chi connectivity index (χ2v) is 5.57. The van der Waals surface area contributed by atoms with E-state index in [1.54, 1.807) is 0 Å². The molecule has 0 aliphatic carbocycles. The van der Waals surface area contributed by atoms with Gasteiger partial charge in [0.25, 0.3) is 0 Å². The van der Waals surface area contributed by atoms with Crippen LogP contribution < -0.4 is 0 Å². The number of hydrogen-bond donors (Lipinski definition) is 0. The van der Waals surface area contributed by atoms with Gasteiger partial charge in [-0.05, 0) is 12.5 Å². The molecule has 0 amide bonds. The van der Waals surface area contributed by atoms with Crippen molar-refractivity contribution in [3.63, 3.8) is 0 Å². The van der Waals surface area contributed by atoms with Crippen molar-refractivity contribution < 1.29 is 14.3 Å². The fourth-order valence-electron chi connectivity index (χ4n) is 1.80. The highest BCUT2D eigenvalue weighted by Gasteiger charge is 2.42. The Labute approximate surface area is 102 Å². The van der Waals surface area contributed by atoms with Gasteiger partial charge in [-0.3, -0.25) is 0 Å². The van der Waals surface area contributed by atoms with Crippen LogP contribution in [-0.2, 0) is 14.3 Å². The molecular formula is C14H18O3. The first-order valence-electron chi connectivity index (χ1n) is 5.80. The molecule has 1 aromatic carbocycles. The number of hydrogen-bond acceptors (Lipinski definition) is 3. The lowest BCUT2D eigenvalue weighted by Crippen LogP contribution is -2.27. The SMILES string of the molecule is Cc1cccc([C@@H]2OC(C(C)(C)C)OC2=O)c1. The van der Waals surface area contributed by atoms with Crippen LogP contribution in [0.3, 0.4) is 0 Å². The number of aryl methyl sites for hydroxylation is 1. The van der Waals surface area contributed by atoms with E-state index in [-0.39, 0.29) is 11.4 Å². The van der Waals surface area contributed by atoms with Crippen molar-refractivity contribution in [2.45, 2.75) is 40.1 Å². The number of cyclic esters (lactones) is 1. The molecular weight excluding hydrogens is 216 g/mol. The second kappa shape index (κ2) is 4.15. The number of carbonyl (C=O) groups is 1. The fraction of sp³-hybridized carbons (Fsp3) is 0.500. The molecule has 17 heavy (non-hydrogen) atoms. The topological polar surface area (TPSA) is 35.5 Å². The molecule has 2 rings (SSSR count). The molecule has 3 heteroatoms. The summed E-state index contributed by atoms with van der Waals surface area (Å²) in [4.78, 5) is 11.8. The van der Waals surface area contributed by atoms with Crippen LogP contribution >= 0.6 is 0 Å². The largest absolute Gasteiger partial charge is 0.433 e. The first kappa shape index (κ1) is 12.1. The monoisotopic (exact) mass is 234 g/mol. The number of benzene rings is 1. The first-order valence-corrected chi connectivity index (χ1v) is 5.80. The Balaban J connectivity index is 2.22. The van der Waals surface area contributed by atoms with Gasteiger partial charge in [0, 0.05) is 5.41 Å². The summed E-state index contributed by atoms with van der Waals surface area (Å²) in [5, 5.41) is 0. The van der Waals surface area contributed by atoms with Crippen molar-refractivity contribution in [1.82, 2.24) is 0 Å². The summed E-state index contributed by atoms with van der Waals surface area (Å²) in [6.45, 7) is 7.96. The zero-order valence-electron chi connectivity index (χ0n) is 10.7. The molecule has 1 aliphatic rings. The van der Waals surface area contributed by atoms with E-state index in [2.05, 4.69) is 0 Å². The van der Waals surface area contributed by atoms with E-state index in [1.165, 1.54) is 0 Å². The molecule has 0 radical (unpaired) electrons. The highest BCUT2D eigenvalue weighted by atomic mass is 16.8. The standard InChI is InChI=1S/C14H18O3/c1-9-6-5-7-10(8-9)11-12(15)17-13(16-11)14(2,3)4/h5-8,11,13H,1-4H3/t11-,13?/m0/s1. The number of ether oxygens (including phenoxy) is 2. The minimum absolute atomic E-state index is 0.200. The minimum atomic E-state index is -0.584. The molecule has 0 spiro atoms. The maximum atomic E-state index is 11.8. The lowest BCUT2D eigenvalue weighted by molar-refractivity contribution is -0.154. The molecule has 92 valence electrons. The number of esters is 1. The van der Waals surface area contributed by atoms with E-state index in [0.29, 0.717) is 0 Å². The predicted molar refractivity (Wildman–Crippen MR) is 64.3 cm³/mol. The van der Waals surface area contributed by atoms with Crippen LogP contribution in [0.25, 0.3) is 0 Å². The molecule has 1 saturated heterocycles. The Morgan fingerprint density at radius 2 is 1.94 bits per heavy atom. The van der Waals surface area contributed by atoms with Gasteiger partial charge < -0.3 is 9.47 Å². The molecule has 1 fully saturated rings. The third-order valence-electron chi connectivity index (χ3n) is 2.75. The van der Waals surface area contributed by atoms with Crippen molar-refractivity contribution >= 4 is 5.97 Å². The van der Waals surface area contributed by atoms with Crippen LogP contribution in [0.2, 0.25) is 0 Å². The third-order valence-corrected chi connectivity index (χ3v) is 2.75. The number of rotatable bonds is 1. The summed E-state index contributed by atoms with van der Waals surface area (Å²) >= 11 is 0. The van der Waals surface area contributed by atoms with Gasteiger partial charge in [0.05, 0.1) is 0 Å². The summed E-state index contributed by atoms with van der Waals surface area (Å²) in [7, 11) is 0. The molecule has 1 aromatic rings. The summed E-state index contributed by atoms with van der Waals surface area (Å²) in [5.41, 5.74) is 1.77. The molecule has 0 N–H and O–H groups in total. The summed E-state index contributed by atoms with van der Waals surface area (Å²) in [5.74, 6) is -0.296. The molecule has 1 heterocycles. The van der Waals surface area contributed by atoms with E-state index in [0.717, 1.165) is 11.1 Å². The van der Waals surface area contributed by atoms with Crippen LogP contribution in [0.4, 0.5) is 0 Å². The Morgan fingerprint density at radius 1 is 1.24 bits per heavy atom. The van der Waals surface area contributed by atoms with Crippen LogP contribution in [0.5, 0.6) is 0 Å². The van der Waals surface area contributed by atoms with Gasteiger partial charge in [-0.25, -0.2) is 4.79 Å². The van der Waals surface area contributed by atoms with Crippen LogP contribution in [0.1, 0.15) is 38.0 Å². The average Bonchev–Trinajstić information content (AvgIpc) is 2.60. The third kappa shape index (κ3) is 2.50. The zero-order valence-corrected chi connectivity index (χ0v) is 10.7. The van der Waals surface area contributed by atoms with Gasteiger partial charge in [-0.1, -0.05) is 50.6 Å². The van der Waals surface area contributed by atoms with Crippen molar-refractivity contribution in [3.05, 3.63) is 35.4 Å². The Bertz CT molecular complexity index is 431. The zero-order chi connectivity index (χ0) is 12.6. The lowest BCUT2D eigenvalue weighted by Gasteiger charge is -2.24. The lowest BCUT2D eigenvalue weighted by atomic mass is 9.96. The fourth-order valence-corrected chi connectivity index (χ4v) is 1.80. The van der Waals surface area contributed by atoms with Gasteiger partial charge in [-0.2, -0.15) is 0 Å². The van der Waals surface area contributed by atoms with Gasteiger partial charge in [0.1, 0.15) is 0 Å². The van der Waals surface area contributed by atoms with Crippen molar-refractivity contribution in [1.29, 1.82) is 0 Å². The highest BCUT2D eigenvalue weighted by molar-refractivity contribution is 5.78. The maximum Gasteiger partial charge on any atom is 0.342 e. The normalized spacial score (nSPS) is 24.8. The molecule has 3 nitrogen and oxygen atoms in total. The average molecular weight is 234 g/mol. The van der Waals surface area contributed by atoms with E-state index in [4.69, 9.17) is 9.47 Å². The Hall–Kier alpha value is -1.35. The van der Waals surface area contributed by atoms with E-state index < -0.39 is 12.4 Å². The molecule has 2 atom stereocenters. The summed E-state index contributed by atoms with van der Waals surface area (Å²) in [6, 6.07) is 7.76. The van der Waals surface area contributed by atoms with Crippen molar-refractivity contribution in [2.75, 3.05) is 0 Å². The minimum Gasteiger partial charge on any atom is -0.433 e. The van der Waals surface area contributed by atoms with Crippen LogP contribution in [0.15, 0.2) is 24.3 Å². The number of carbonyl (C=O) groups excluding carboxylic acids is 1. The van der Waals surface area contributed by atoms with Gasteiger partial charge >= 0.3 is 5.97 Å². The summed E-state index contributed by atoms with van der Waals surface area (Å²) < 4.78 is 11.0. The van der Waals surface area contributed by atoms with Crippen molar-refractivity contribution in [3.8, 4) is 0 Å².